The number of nitrogens with two attached hydrogens (primary N) is 1. The molecule has 0 saturated carbocycles. The summed E-state index contributed by atoms with van der Waals surface area (Å²) in [6, 6.07) is 13.7. The lowest BCUT2D eigenvalue weighted by Gasteiger charge is -2.07. The minimum Gasteiger partial charge on any atom is -0.398 e. The van der Waals surface area contributed by atoms with Crippen molar-refractivity contribution >= 4 is 16.6 Å². The fourth-order valence-corrected chi connectivity index (χ4v) is 2.10. The Bertz CT molecular complexity index is 863. The smallest absolute Gasteiger partial charge is 0.333 e. The van der Waals surface area contributed by atoms with Crippen molar-refractivity contribution in [3.05, 3.63) is 69.4 Å². The van der Waals surface area contributed by atoms with Gasteiger partial charge in [0, 0.05) is 5.69 Å². The Morgan fingerprint density at radius 3 is 2.42 bits per heavy atom. The van der Waals surface area contributed by atoms with Gasteiger partial charge >= 0.3 is 5.69 Å². The van der Waals surface area contributed by atoms with Crippen LogP contribution >= 0.6 is 0 Å². The maximum Gasteiger partial charge on any atom is 0.333 e. The molecule has 0 aliphatic heterocycles. The SMILES string of the molecule is Nc1cccc2[nH]c(=O)n(-c3ccccc3)c(=O)c12. The second-order valence-electron chi connectivity index (χ2n) is 4.18. The number of benzene rings is 2. The third-order valence-electron chi connectivity index (χ3n) is 2.97. The van der Waals surface area contributed by atoms with Gasteiger partial charge in [0.25, 0.3) is 5.56 Å². The standard InChI is InChI=1S/C14H11N3O2/c15-10-7-4-8-11-12(10)13(18)17(14(19)16-11)9-5-2-1-3-6-9/h1-8H,15H2,(H,16,19). The zero-order chi connectivity index (χ0) is 13.4. The van der Waals surface area contributed by atoms with Crippen molar-refractivity contribution in [1.29, 1.82) is 0 Å². The van der Waals surface area contributed by atoms with Crippen molar-refractivity contribution in [2.45, 2.75) is 0 Å². The van der Waals surface area contributed by atoms with Crippen LogP contribution in [0, 0.1) is 0 Å². The summed E-state index contributed by atoms with van der Waals surface area (Å²) in [5, 5.41) is 0.325. The Morgan fingerprint density at radius 1 is 0.947 bits per heavy atom. The number of hydrogen-bond acceptors (Lipinski definition) is 3. The van der Waals surface area contributed by atoms with Crippen LogP contribution in [-0.4, -0.2) is 9.55 Å². The number of rotatable bonds is 1. The summed E-state index contributed by atoms with van der Waals surface area (Å²) in [6.45, 7) is 0. The van der Waals surface area contributed by atoms with E-state index in [2.05, 4.69) is 4.98 Å². The van der Waals surface area contributed by atoms with Crippen LogP contribution in [0.3, 0.4) is 0 Å². The first-order chi connectivity index (χ1) is 9.18. The summed E-state index contributed by atoms with van der Waals surface area (Å²) in [5.41, 5.74) is 6.24. The summed E-state index contributed by atoms with van der Waals surface area (Å²) in [5.74, 6) is 0. The molecule has 0 unspecified atom stereocenters. The van der Waals surface area contributed by atoms with Crippen molar-refractivity contribution in [3.8, 4) is 5.69 Å². The van der Waals surface area contributed by atoms with Gasteiger partial charge in [-0.2, -0.15) is 0 Å². The molecule has 0 saturated heterocycles. The molecule has 0 bridgehead atoms. The van der Waals surface area contributed by atoms with Crippen molar-refractivity contribution in [1.82, 2.24) is 9.55 Å². The van der Waals surface area contributed by atoms with Crippen LogP contribution < -0.4 is 17.0 Å². The Kier molecular flexibility index (Phi) is 2.45. The lowest BCUT2D eigenvalue weighted by atomic mass is 10.2. The normalized spacial score (nSPS) is 10.7. The van der Waals surface area contributed by atoms with E-state index in [9.17, 15) is 9.59 Å². The number of nitrogen functional groups attached to an aromatic ring is 1. The van der Waals surface area contributed by atoms with Gasteiger partial charge in [0.15, 0.2) is 0 Å². The first-order valence-electron chi connectivity index (χ1n) is 5.77. The molecule has 3 rings (SSSR count). The van der Waals surface area contributed by atoms with Gasteiger partial charge in [-0.3, -0.25) is 4.79 Å². The van der Waals surface area contributed by atoms with E-state index < -0.39 is 11.2 Å². The number of H-pyrrole nitrogens is 1. The molecule has 3 N–H and O–H groups in total. The van der Waals surface area contributed by atoms with Crippen molar-refractivity contribution in [2.75, 3.05) is 5.73 Å². The molecule has 2 aromatic carbocycles. The topological polar surface area (TPSA) is 80.9 Å². The zero-order valence-corrected chi connectivity index (χ0v) is 9.96. The molecule has 0 amide bonds. The quantitative estimate of drug-likeness (QED) is 0.641. The summed E-state index contributed by atoms with van der Waals surface area (Å²) < 4.78 is 1.08. The molecule has 3 aromatic rings. The van der Waals surface area contributed by atoms with E-state index in [1.165, 1.54) is 0 Å². The summed E-state index contributed by atoms with van der Waals surface area (Å²) in [6.07, 6.45) is 0. The molecular formula is C14H11N3O2. The largest absolute Gasteiger partial charge is 0.398 e. The number of nitrogens with one attached hydrogen (secondary N) is 1. The number of nitrogens with zero attached hydrogens (tertiary/aromatic N) is 1. The number of fused-ring (bicyclic) bond motifs is 1. The fourth-order valence-electron chi connectivity index (χ4n) is 2.10. The zero-order valence-electron chi connectivity index (χ0n) is 9.96. The van der Waals surface area contributed by atoms with Gasteiger partial charge in [0.05, 0.1) is 16.6 Å². The van der Waals surface area contributed by atoms with Crippen molar-refractivity contribution < 1.29 is 0 Å². The summed E-state index contributed by atoms with van der Waals surface area (Å²) in [7, 11) is 0. The highest BCUT2D eigenvalue weighted by Gasteiger charge is 2.10. The molecule has 1 heterocycles. The molecule has 0 aliphatic rings. The molecule has 19 heavy (non-hydrogen) atoms. The molecular weight excluding hydrogens is 242 g/mol. The molecule has 0 radical (unpaired) electrons. The predicted octanol–water partition coefficient (Wildman–Crippen LogP) is 1.26. The third-order valence-corrected chi connectivity index (χ3v) is 2.97. The van der Waals surface area contributed by atoms with Gasteiger partial charge in [0.1, 0.15) is 0 Å². The van der Waals surface area contributed by atoms with Gasteiger partial charge in [-0.25, -0.2) is 9.36 Å². The number of aromatic amines is 1. The van der Waals surface area contributed by atoms with Crippen molar-refractivity contribution in [2.24, 2.45) is 0 Å². The van der Waals surface area contributed by atoms with Gasteiger partial charge < -0.3 is 10.7 Å². The van der Waals surface area contributed by atoms with E-state index in [-0.39, 0.29) is 0 Å². The molecule has 94 valence electrons. The Balaban J connectivity index is 2.49. The fraction of sp³-hybridized carbons (Fsp3) is 0. The Hall–Kier alpha value is -2.82. The minimum absolute atomic E-state index is 0.325. The van der Waals surface area contributed by atoms with Crippen LogP contribution in [0.15, 0.2) is 58.1 Å². The van der Waals surface area contributed by atoms with Crippen LogP contribution in [-0.2, 0) is 0 Å². The predicted molar refractivity (Wildman–Crippen MR) is 74.6 cm³/mol. The molecule has 1 aromatic heterocycles. The monoisotopic (exact) mass is 253 g/mol. The molecule has 0 aliphatic carbocycles. The molecule has 0 atom stereocenters. The van der Waals surface area contributed by atoms with E-state index >= 15 is 0 Å². The highest BCUT2D eigenvalue weighted by atomic mass is 16.2. The average molecular weight is 253 g/mol. The lowest BCUT2D eigenvalue weighted by molar-refractivity contribution is 0.902. The van der Waals surface area contributed by atoms with Crippen LogP contribution in [0.2, 0.25) is 0 Å². The highest BCUT2D eigenvalue weighted by Crippen LogP contribution is 2.14. The maximum atomic E-state index is 12.4. The molecule has 0 fully saturated rings. The number of para-hydroxylation sites is 1. The van der Waals surface area contributed by atoms with Gasteiger partial charge in [-0.05, 0) is 24.3 Å². The van der Waals surface area contributed by atoms with Gasteiger partial charge in [0.2, 0.25) is 0 Å². The number of hydrogen-bond donors (Lipinski definition) is 2. The third kappa shape index (κ3) is 1.72. The second-order valence-corrected chi connectivity index (χ2v) is 4.18. The van der Waals surface area contributed by atoms with E-state index in [0.717, 1.165) is 4.57 Å². The van der Waals surface area contributed by atoms with Crippen LogP contribution in [0.5, 0.6) is 0 Å². The van der Waals surface area contributed by atoms with E-state index in [4.69, 9.17) is 5.73 Å². The van der Waals surface area contributed by atoms with Crippen LogP contribution in [0.25, 0.3) is 16.6 Å². The van der Waals surface area contributed by atoms with Crippen LogP contribution in [0.4, 0.5) is 5.69 Å². The van der Waals surface area contributed by atoms with Crippen LogP contribution in [0.1, 0.15) is 0 Å². The highest BCUT2D eigenvalue weighted by molar-refractivity contribution is 5.89. The van der Waals surface area contributed by atoms with Gasteiger partial charge in [-0.15, -0.1) is 0 Å². The molecule has 5 heteroatoms. The minimum atomic E-state index is -0.477. The van der Waals surface area contributed by atoms with E-state index in [1.807, 2.05) is 6.07 Å². The first kappa shape index (κ1) is 11.3. The molecule has 5 nitrogen and oxygen atoms in total. The summed E-state index contributed by atoms with van der Waals surface area (Å²) in [4.78, 5) is 27.1. The van der Waals surface area contributed by atoms with Gasteiger partial charge in [-0.1, -0.05) is 24.3 Å². The first-order valence-corrected chi connectivity index (χ1v) is 5.77. The number of anilines is 1. The van der Waals surface area contributed by atoms with E-state index in [0.29, 0.717) is 22.3 Å². The Morgan fingerprint density at radius 2 is 1.68 bits per heavy atom. The van der Waals surface area contributed by atoms with Crippen molar-refractivity contribution in [3.63, 3.8) is 0 Å². The number of aromatic nitrogens is 2. The second kappa shape index (κ2) is 4.13. The van der Waals surface area contributed by atoms with E-state index in [1.54, 1.807) is 42.5 Å². The maximum absolute atomic E-state index is 12.4. The Labute approximate surface area is 107 Å². The average Bonchev–Trinajstić information content (AvgIpc) is 2.39. The molecule has 0 spiro atoms. The lowest BCUT2D eigenvalue weighted by Crippen LogP contribution is -2.33. The summed E-state index contributed by atoms with van der Waals surface area (Å²) >= 11 is 0.